The van der Waals surface area contributed by atoms with Gasteiger partial charge in [0.15, 0.2) is 0 Å². The van der Waals surface area contributed by atoms with E-state index in [1.807, 2.05) is 36.4 Å². The number of H-pyrrole nitrogens is 1. The number of ether oxygens (including phenoxy) is 1. The van der Waals surface area contributed by atoms with Crippen LogP contribution in [0, 0.1) is 4.64 Å². The Kier molecular flexibility index (Phi) is 3.54. The van der Waals surface area contributed by atoms with E-state index in [0.717, 1.165) is 28.0 Å². The first-order valence-corrected chi connectivity index (χ1v) is 6.62. The molecule has 0 saturated carbocycles. The third kappa shape index (κ3) is 2.45. The van der Waals surface area contributed by atoms with Crippen LogP contribution in [0.3, 0.4) is 0 Å². The van der Waals surface area contributed by atoms with Gasteiger partial charge < -0.3 is 9.72 Å². The minimum absolute atomic E-state index is 0.403. The van der Waals surface area contributed by atoms with Gasteiger partial charge in [0.25, 0.3) is 0 Å². The molecule has 2 aromatic heterocycles. The molecule has 3 aromatic rings. The van der Waals surface area contributed by atoms with Gasteiger partial charge in [0.2, 0.25) is 0 Å². The average molecular weight is 283 g/mol. The molecule has 0 amide bonds. The lowest BCUT2D eigenvalue weighted by Gasteiger charge is -2.08. The smallest absolute Gasteiger partial charge is 0.134 e. The van der Waals surface area contributed by atoms with Crippen molar-refractivity contribution in [3.63, 3.8) is 0 Å². The number of nitrogens with zero attached hydrogens (tertiary/aromatic N) is 2. The van der Waals surface area contributed by atoms with E-state index in [1.165, 1.54) is 0 Å². The van der Waals surface area contributed by atoms with Crippen LogP contribution in [0.2, 0.25) is 0 Å². The molecule has 1 aromatic carbocycles. The Morgan fingerprint density at radius 1 is 1.25 bits per heavy atom. The fraction of sp³-hybridized carbons (Fsp3) is 0.133. The molecule has 2 heterocycles. The summed E-state index contributed by atoms with van der Waals surface area (Å²) in [4.78, 5) is 11.9. The summed E-state index contributed by atoms with van der Waals surface area (Å²) in [5, 5.41) is 1.08. The largest absolute Gasteiger partial charge is 0.377 e. The van der Waals surface area contributed by atoms with Crippen molar-refractivity contribution in [2.24, 2.45) is 0 Å². The number of rotatable bonds is 3. The molecule has 0 spiro atoms. The molecular formula is C15H13N3OS. The zero-order valence-corrected chi connectivity index (χ0v) is 11.8. The van der Waals surface area contributed by atoms with E-state index < -0.39 is 0 Å². The van der Waals surface area contributed by atoms with Crippen LogP contribution >= 0.6 is 12.2 Å². The van der Waals surface area contributed by atoms with Gasteiger partial charge in [-0.15, -0.1) is 0 Å². The van der Waals surface area contributed by atoms with Gasteiger partial charge >= 0.3 is 0 Å². The van der Waals surface area contributed by atoms with Crippen molar-refractivity contribution < 1.29 is 4.74 Å². The number of benzene rings is 1. The molecule has 100 valence electrons. The summed E-state index contributed by atoms with van der Waals surface area (Å²) >= 11 is 5.22. The van der Waals surface area contributed by atoms with Gasteiger partial charge in [-0.1, -0.05) is 30.4 Å². The molecule has 4 nitrogen and oxygen atoms in total. The Hall–Kier alpha value is -2.11. The molecule has 0 fully saturated rings. The molecule has 0 radical (unpaired) electrons. The number of nitrogens with one attached hydrogen (secondary N) is 1. The molecule has 5 heteroatoms. The zero-order valence-electron chi connectivity index (χ0n) is 11.0. The van der Waals surface area contributed by atoms with E-state index in [9.17, 15) is 0 Å². The van der Waals surface area contributed by atoms with E-state index in [1.54, 1.807) is 13.3 Å². The first-order chi connectivity index (χ1) is 9.78. The summed E-state index contributed by atoms with van der Waals surface area (Å²) in [6.45, 7) is 0.403. The van der Waals surface area contributed by atoms with Crippen LogP contribution in [0.15, 0.2) is 42.6 Å². The number of aromatic nitrogens is 3. The monoisotopic (exact) mass is 283 g/mol. The van der Waals surface area contributed by atoms with Crippen LogP contribution in [0.4, 0.5) is 0 Å². The number of fused-ring (bicyclic) bond motifs is 1. The van der Waals surface area contributed by atoms with Gasteiger partial charge in [-0.2, -0.15) is 0 Å². The van der Waals surface area contributed by atoms with E-state index in [4.69, 9.17) is 17.0 Å². The Morgan fingerprint density at radius 3 is 3.00 bits per heavy atom. The molecule has 0 aliphatic rings. The minimum Gasteiger partial charge on any atom is -0.377 e. The summed E-state index contributed by atoms with van der Waals surface area (Å²) < 4.78 is 5.66. The lowest BCUT2D eigenvalue weighted by Crippen LogP contribution is -1.99. The zero-order chi connectivity index (χ0) is 13.9. The van der Waals surface area contributed by atoms with Gasteiger partial charge in [-0.05, 0) is 18.2 Å². The number of aromatic amines is 1. The van der Waals surface area contributed by atoms with Crippen molar-refractivity contribution in [1.29, 1.82) is 0 Å². The predicted octanol–water partition coefficient (Wildman–Crippen LogP) is 3.50. The van der Waals surface area contributed by atoms with Crippen LogP contribution in [0.1, 0.15) is 5.82 Å². The summed E-state index contributed by atoms with van der Waals surface area (Å²) in [6, 6.07) is 11.9. The van der Waals surface area contributed by atoms with Crippen LogP contribution in [-0.4, -0.2) is 22.1 Å². The Labute approximate surface area is 121 Å². The first kappa shape index (κ1) is 12.9. The molecule has 0 saturated heterocycles. The third-order valence-corrected chi connectivity index (χ3v) is 3.22. The molecule has 1 N–H and O–H groups in total. The van der Waals surface area contributed by atoms with Gasteiger partial charge in [-0.25, -0.2) is 4.98 Å². The minimum atomic E-state index is 0.403. The quantitative estimate of drug-likeness (QED) is 0.747. The molecule has 0 bridgehead atoms. The maximum atomic E-state index is 5.22. The highest BCUT2D eigenvalue weighted by Gasteiger charge is 2.06. The van der Waals surface area contributed by atoms with Crippen molar-refractivity contribution in [3.8, 4) is 11.3 Å². The summed E-state index contributed by atoms with van der Waals surface area (Å²) in [5.41, 5.74) is 2.94. The second-order valence-electron chi connectivity index (χ2n) is 4.39. The summed E-state index contributed by atoms with van der Waals surface area (Å²) in [6.07, 6.45) is 1.79. The van der Waals surface area contributed by atoms with Crippen molar-refractivity contribution in [2.45, 2.75) is 6.61 Å². The van der Waals surface area contributed by atoms with Gasteiger partial charge in [0.1, 0.15) is 17.1 Å². The molecule has 0 unspecified atom stereocenters. The maximum absolute atomic E-state index is 5.22. The number of pyridine rings is 1. The molecule has 0 atom stereocenters. The average Bonchev–Trinajstić information content (AvgIpc) is 2.46. The topological polar surface area (TPSA) is 50.8 Å². The predicted molar refractivity (Wildman–Crippen MR) is 80.9 cm³/mol. The second-order valence-corrected chi connectivity index (χ2v) is 4.81. The molecule has 3 rings (SSSR count). The Balaban J connectivity index is 2.23. The van der Waals surface area contributed by atoms with Gasteiger partial charge in [-0.3, -0.25) is 4.98 Å². The maximum Gasteiger partial charge on any atom is 0.134 e. The lowest BCUT2D eigenvalue weighted by atomic mass is 10.1. The van der Waals surface area contributed by atoms with E-state index in [0.29, 0.717) is 11.2 Å². The Bertz CT molecular complexity index is 808. The fourth-order valence-corrected chi connectivity index (χ4v) is 2.42. The molecule has 0 aliphatic heterocycles. The van der Waals surface area contributed by atoms with Crippen molar-refractivity contribution in [2.75, 3.05) is 7.11 Å². The van der Waals surface area contributed by atoms with Crippen molar-refractivity contribution in [1.82, 2.24) is 15.0 Å². The van der Waals surface area contributed by atoms with Crippen LogP contribution in [0.25, 0.3) is 22.2 Å². The number of hydrogen-bond acceptors (Lipinski definition) is 4. The fourth-order valence-electron chi connectivity index (χ4n) is 2.20. The number of hydrogen-bond donors (Lipinski definition) is 1. The van der Waals surface area contributed by atoms with Crippen molar-refractivity contribution in [3.05, 3.63) is 53.1 Å². The highest BCUT2D eigenvalue weighted by molar-refractivity contribution is 7.71. The molecule has 20 heavy (non-hydrogen) atoms. The second kappa shape index (κ2) is 5.48. The molecule has 0 aliphatic carbocycles. The van der Waals surface area contributed by atoms with Crippen LogP contribution in [-0.2, 0) is 11.3 Å². The normalized spacial score (nSPS) is 10.8. The first-order valence-electron chi connectivity index (χ1n) is 6.21. The van der Waals surface area contributed by atoms with Crippen LogP contribution in [0.5, 0.6) is 0 Å². The van der Waals surface area contributed by atoms with Gasteiger partial charge in [0, 0.05) is 24.3 Å². The van der Waals surface area contributed by atoms with Crippen LogP contribution < -0.4 is 0 Å². The number of methoxy groups -OCH3 is 1. The molecular weight excluding hydrogens is 270 g/mol. The highest BCUT2D eigenvalue weighted by atomic mass is 32.1. The standard InChI is InChI=1S/C15H13N3OS/c1-19-9-14-17-13(8-15(20)18-14)11-4-2-6-12-10(11)5-3-7-16-12/h2-8H,9H2,1H3,(H,17,18,20). The third-order valence-electron chi connectivity index (χ3n) is 3.01. The summed E-state index contributed by atoms with van der Waals surface area (Å²) in [7, 11) is 1.63. The summed E-state index contributed by atoms with van der Waals surface area (Å²) in [5.74, 6) is 0.718. The van der Waals surface area contributed by atoms with Crippen molar-refractivity contribution >= 4 is 23.1 Å². The van der Waals surface area contributed by atoms with Gasteiger partial charge in [0.05, 0.1) is 11.2 Å². The highest BCUT2D eigenvalue weighted by Crippen LogP contribution is 2.26. The van der Waals surface area contributed by atoms with E-state index in [-0.39, 0.29) is 0 Å². The lowest BCUT2D eigenvalue weighted by molar-refractivity contribution is 0.178. The van der Waals surface area contributed by atoms with E-state index in [2.05, 4.69) is 15.0 Å². The SMILES string of the molecule is COCc1nc(=S)cc(-c2cccc3ncccc23)[nH]1. The van der Waals surface area contributed by atoms with E-state index >= 15 is 0 Å². The Morgan fingerprint density at radius 2 is 2.15 bits per heavy atom.